The van der Waals surface area contributed by atoms with E-state index in [2.05, 4.69) is 25.9 Å². The fourth-order valence-electron chi connectivity index (χ4n) is 3.42. The van der Waals surface area contributed by atoms with Gasteiger partial charge in [0, 0.05) is 75.5 Å². The molecule has 34 heavy (non-hydrogen) atoms. The predicted molar refractivity (Wildman–Crippen MR) is 126 cm³/mol. The largest absolute Gasteiger partial charge is 0.481 e. The minimum Gasteiger partial charge on any atom is -0.481 e. The van der Waals surface area contributed by atoms with Crippen LogP contribution in [-0.2, 0) is 9.59 Å². The number of nitrogen functional groups attached to an aromatic ring is 1. The topological polar surface area (TPSA) is 203 Å². The van der Waals surface area contributed by atoms with Crippen molar-refractivity contribution in [2.75, 3.05) is 41.4 Å². The molecule has 13 nitrogen and oxygen atoms in total. The van der Waals surface area contributed by atoms with Crippen LogP contribution in [0.3, 0.4) is 0 Å². The van der Waals surface area contributed by atoms with Gasteiger partial charge in [-0.05, 0) is 30.7 Å². The molecular weight excluding hydrogens is 474 g/mol. The fourth-order valence-corrected chi connectivity index (χ4v) is 3.42. The maximum atomic E-state index is 12.3. The average molecular weight is 500 g/mol. The molecule has 0 fully saturated rings. The number of nitrogens with one attached hydrogen (secondary N) is 4. The van der Waals surface area contributed by atoms with Gasteiger partial charge in [0.2, 0.25) is 5.95 Å². The normalized spacial score (nSPS) is 15.2. The maximum absolute atomic E-state index is 12.3. The van der Waals surface area contributed by atoms with Crippen LogP contribution < -0.4 is 32.1 Å². The zero-order chi connectivity index (χ0) is 24.1. The molecule has 1 aliphatic heterocycles. The number of H-pyrrole nitrogens is 1. The van der Waals surface area contributed by atoms with Crippen molar-refractivity contribution in [1.82, 2.24) is 15.3 Å². The van der Waals surface area contributed by atoms with Crippen molar-refractivity contribution in [2.24, 2.45) is 0 Å². The van der Waals surface area contributed by atoms with Gasteiger partial charge in [0.15, 0.2) is 5.82 Å². The molecule has 1 amide bonds. The van der Waals surface area contributed by atoms with E-state index < -0.39 is 23.9 Å². The van der Waals surface area contributed by atoms with Gasteiger partial charge >= 0.3 is 11.9 Å². The molecule has 2 radical (unpaired) electrons. The number of fused-ring (bicyclic) bond motifs is 1. The second-order valence-electron chi connectivity index (χ2n) is 7.55. The summed E-state index contributed by atoms with van der Waals surface area (Å²) in [5, 5.41) is 26.6. The van der Waals surface area contributed by atoms with Gasteiger partial charge in [-0.3, -0.25) is 19.4 Å². The van der Waals surface area contributed by atoms with Crippen molar-refractivity contribution in [3.63, 3.8) is 0 Å². The number of aliphatic carboxylic acids is 2. The van der Waals surface area contributed by atoms with Crippen LogP contribution in [0.25, 0.3) is 0 Å². The minimum atomic E-state index is -1.30. The molecule has 0 spiro atoms. The minimum absolute atomic E-state index is 0. The second kappa shape index (κ2) is 11.9. The van der Waals surface area contributed by atoms with E-state index in [1.165, 1.54) is 12.1 Å². The Morgan fingerprint density at radius 2 is 1.94 bits per heavy atom. The van der Waals surface area contributed by atoms with Crippen molar-refractivity contribution in [3.05, 3.63) is 40.2 Å². The van der Waals surface area contributed by atoms with Crippen LogP contribution >= 0.6 is 0 Å². The molecule has 1 aliphatic rings. The van der Waals surface area contributed by atoms with Gasteiger partial charge in [-0.15, -0.1) is 0 Å². The Balaban J connectivity index is 0.00000408. The van der Waals surface area contributed by atoms with E-state index in [0.29, 0.717) is 24.6 Å². The molecule has 178 valence electrons. The molecule has 0 aliphatic carbocycles. The molecule has 2 aromatic rings. The number of amides is 1. The first-order valence-corrected chi connectivity index (χ1v) is 10.1. The van der Waals surface area contributed by atoms with Crippen LogP contribution in [0.5, 0.6) is 0 Å². The zero-order valence-corrected chi connectivity index (χ0v) is 20.7. The summed E-state index contributed by atoms with van der Waals surface area (Å²) >= 11 is 0. The number of carbonyl (C=O) groups excluding carboxylic acids is 1. The first kappa shape index (κ1) is 27.2. The van der Waals surface area contributed by atoms with E-state index in [9.17, 15) is 24.3 Å². The van der Waals surface area contributed by atoms with E-state index in [-0.39, 0.29) is 73.7 Å². The van der Waals surface area contributed by atoms with E-state index in [1.807, 2.05) is 4.90 Å². The summed E-state index contributed by atoms with van der Waals surface area (Å²) in [4.78, 5) is 54.9. The number of carboxylic acids is 2. The van der Waals surface area contributed by atoms with Gasteiger partial charge in [-0.1, -0.05) is 0 Å². The number of carbonyl (C=O) groups is 3. The Kier molecular flexibility index (Phi) is 9.53. The van der Waals surface area contributed by atoms with Crippen LogP contribution in [0, 0.1) is 0 Å². The standard InChI is InChI=1S/C20H25N7O6.Ca/c1-27-12(9-23-16-15(27)18(31)26-20(21)25-16)8-22-11-4-2-10(3-5-11)17(30)24-13(19(32)33)6-7-14(28)29;/h2-5,12-13,22H,6-9H2,1H3,(H,24,30)(H,28,29)(H,32,33)(H4,21,23,25,26,31);. The number of carboxylic acid groups (broad SMARTS) is 2. The Morgan fingerprint density at radius 1 is 1.26 bits per heavy atom. The van der Waals surface area contributed by atoms with Crippen molar-refractivity contribution in [2.45, 2.75) is 24.9 Å². The number of nitrogens with zero attached hydrogens (tertiary/aromatic N) is 2. The second-order valence-corrected chi connectivity index (χ2v) is 7.55. The van der Waals surface area contributed by atoms with Gasteiger partial charge in [0.25, 0.3) is 11.5 Å². The van der Waals surface area contributed by atoms with E-state index >= 15 is 0 Å². The molecule has 0 saturated heterocycles. The molecule has 1 aromatic heterocycles. The molecule has 2 heterocycles. The van der Waals surface area contributed by atoms with Gasteiger partial charge in [0.1, 0.15) is 11.7 Å². The smallest absolute Gasteiger partial charge is 0.326 e. The SMILES string of the molecule is CN1c2c(nc(N)[nH]c2=O)NCC1CNc1ccc(C(=O)NC(CCC(=O)O)C(=O)O)cc1.[Ca]. The number of anilines is 4. The molecule has 8 N–H and O–H groups in total. The molecular formula is C20H25CaN7O6. The molecule has 3 rings (SSSR count). The van der Waals surface area contributed by atoms with Crippen LogP contribution in [0.4, 0.5) is 23.1 Å². The van der Waals surface area contributed by atoms with Gasteiger partial charge in [0.05, 0.1) is 6.04 Å². The quantitative estimate of drug-likeness (QED) is 0.216. The fraction of sp³-hybridized carbons (Fsp3) is 0.350. The molecule has 0 bridgehead atoms. The third-order valence-corrected chi connectivity index (χ3v) is 5.26. The summed E-state index contributed by atoms with van der Waals surface area (Å²) in [5.74, 6) is -2.59. The summed E-state index contributed by atoms with van der Waals surface area (Å²) in [6.07, 6.45) is -0.586. The maximum Gasteiger partial charge on any atom is 0.326 e. The molecule has 2 unspecified atom stereocenters. The summed E-state index contributed by atoms with van der Waals surface area (Å²) in [6, 6.07) is 5.03. The third kappa shape index (κ3) is 6.74. The number of nitrogens with two attached hydrogens (primary N) is 1. The molecule has 14 heteroatoms. The van der Waals surface area contributed by atoms with Crippen molar-refractivity contribution < 1.29 is 24.6 Å². The molecule has 1 aromatic carbocycles. The number of hydrogen-bond donors (Lipinski definition) is 7. The number of aromatic amines is 1. The van der Waals surface area contributed by atoms with Crippen LogP contribution in [0.2, 0.25) is 0 Å². The van der Waals surface area contributed by atoms with E-state index in [4.69, 9.17) is 10.8 Å². The molecule has 0 saturated carbocycles. The Hall–Kier alpha value is -3.03. The predicted octanol–water partition coefficient (Wildman–Crippen LogP) is -0.638. The van der Waals surface area contributed by atoms with E-state index in [1.54, 1.807) is 19.2 Å². The van der Waals surface area contributed by atoms with Gasteiger partial charge in [-0.25, -0.2) is 4.79 Å². The van der Waals surface area contributed by atoms with Crippen molar-refractivity contribution in [1.29, 1.82) is 0 Å². The van der Waals surface area contributed by atoms with Crippen molar-refractivity contribution >= 4 is 78.7 Å². The third-order valence-electron chi connectivity index (χ3n) is 5.26. The zero-order valence-electron chi connectivity index (χ0n) is 18.5. The van der Waals surface area contributed by atoms with Gasteiger partial charge < -0.3 is 36.8 Å². The van der Waals surface area contributed by atoms with Gasteiger partial charge in [-0.2, -0.15) is 4.98 Å². The molecule has 2 atom stereocenters. The number of benzene rings is 1. The van der Waals surface area contributed by atoms with Crippen LogP contribution in [0.1, 0.15) is 23.2 Å². The number of likely N-dealkylation sites (N-methyl/N-ethyl adjacent to an activating group) is 1. The van der Waals surface area contributed by atoms with E-state index in [0.717, 1.165) is 5.69 Å². The first-order chi connectivity index (χ1) is 15.7. The Bertz CT molecular complexity index is 1110. The summed E-state index contributed by atoms with van der Waals surface area (Å²) < 4.78 is 0. The Morgan fingerprint density at radius 3 is 2.56 bits per heavy atom. The monoisotopic (exact) mass is 499 g/mol. The summed E-state index contributed by atoms with van der Waals surface area (Å²) in [5.41, 5.74) is 6.59. The summed E-state index contributed by atoms with van der Waals surface area (Å²) in [6.45, 7) is 1.01. The number of aromatic nitrogens is 2. The van der Waals surface area contributed by atoms with Crippen molar-refractivity contribution in [3.8, 4) is 0 Å². The van der Waals surface area contributed by atoms with Crippen LogP contribution in [0.15, 0.2) is 29.1 Å². The Labute approximate surface area is 224 Å². The first-order valence-electron chi connectivity index (χ1n) is 10.1. The number of hydrogen-bond acceptors (Lipinski definition) is 9. The number of rotatable bonds is 9. The summed E-state index contributed by atoms with van der Waals surface area (Å²) in [7, 11) is 1.79. The average Bonchev–Trinajstić information content (AvgIpc) is 2.75. The van der Waals surface area contributed by atoms with Crippen LogP contribution in [-0.4, -0.2) is 108 Å².